The Morgan fingerprint density at radius 2 is 1.92 bits per heavy atom. The molecular formula is C17H14BrN3O2S2. The van der Waals surface area contributed by atoms with Crippen LogP contribution in [0.5, 0.6) is 0 Å². The molecule has 128 valence electrons. The van der Waals surface area contributed by atoms with E-state index in [1.807, 2.05) is 13.8 Å². The SMILES string of the molecule is Cc1sc2ncnc(SCC(=O)NC(=O)c3ccc(Br)cc3)c2c1C. The Hall–Kier alpha value is -1.77. The van der Waals surface area contributed by atoms with Gasteiger partial charge in [-0.05, 0) is 43.7 Å². The lowest BCUT2D eigenvalue weighted by molar-refractivity contribution is -0.117. The average molecular weight is 436 g/mol. The summed E-state index contributed by atoms with van der Waals surface area (Å²) >= 11 is 6.23. The Morgan fingerprint density at radius 3 is 2.64 bits per heavy atom. The molecule has 1 aromatic carbocycles. The normalized spacial score (nSPS) is 10.8. The Kier molecular flexibility index (Phi) is 5.51. The summed E-state index contributed by atoms with van der Waals surface area (Å²) in [5, 5.41) is 4.15. The molecule has 8 heteroatoms. The van der Waals surface area contributed by atoms with Crippen molar-refractivity contribution in [3.63, 3.8) is 0 Å². The van der Waals surface area contributed by atoms with Crippen molar-refractivity contribution in [1.82, 2.24) is 15.3 Å². The lowest BCUT2D eigenvalue weighted by Gasteiger charge is -2.05. The van der Waals surface area contributed by atoms with Gasteiger partial charge in [0.05, 0.1) is 5.75 Å². The predicted octanol–water partition coefficient (Wildman–Crippen LogP) is 4.12. The summed E-state index contributed by atoms with van der Waals surface area (Å²) in [4.78, 5) is 34.8. The number of rotatable bonds is 4. The van der Waals surface area contributed by atoms with Crippen molar-refractivity contribution in [3.05, 3.63) is 51.1 Å². The molecule has 25 heavy (non-hydrogen) atoms. The molecule has 5 nitrogen and oxygen atoms in total. The maximum Gasteiger partial charge on any atom is 0.257 e. The van der Waals surface area contributed by atoms with Gasteiger partial charge < -0.3 is 0 Å². The average Bonchev–Trinajstić information content (AvgIpc) is 2.88. The number of amides is 2. The number of fused-ring (bicyclic) bond motifs is 1. The fraction of sp³-hybridized carbons (Fsp3) is 0.176. The van der Waals surface area contributed by atoms with E-state index in [4.69, 9.17) is 0 Å². The molecule has 2 aromatic heterocycles. The van der Waals surface area contributed by atoms with Gasteiger partial charge in [0, 0.05) is 20.3 Å². The number of thiophene rings is 1. The Labute approximate surface area is 161 Å². The van der Waals surface area contributed by atoms with E-state index in [2.05, 4.69) is 31.2 Å². The van der Waals surface area contributed by atoms with Crippen molar-refractivity contribution in [3.8, 4) is 0 Å². The van der Waals surface area contributed by atoms with Gasteiger partial charge in [-0.1, -0.05) is 27.7 Å². The van der Waals surface area contributed by atoms with E-state index in [-0.39, 0.29) is 11.7 Å². The van der Waals surface area contributed by atoms with Gasteiger partial charge in [0.1, 0.15) is 16.2 Å². The topological polar surface area (TPSA) is 72.0 Å². The molecule has 0 bridgehead atoms. The minimum absolute atomic E-state index is 0.114. The van der Waals surface area contributed by atoms with Crippen molar-refractivity contribution in [2.24, 2.45) is 0 Å². The molecule has 3 rings (SSSR count). The summed E-state index contributed by atoms with van der Waals surface area (Å²) in [6.07, 6.45) is 1.50. The predicted molar refractivity (Wildman–Crippen MR) is 104 cm³/mol. The molecule has 0 saturated heterocycles. The van der Waals surface area contributed by atoms with Crippen LogP contribution in [0.15, 0.2) is 40.1 Å². The molecule has 0 aliphatic heterocycles. The summed E-state index contributed by atoms with van der Waals surface area (Å²) in [6, 6.07) is 6.83. The lowest BCUT2D eigenvalue weighted by Crippen LogP contribution is -2.31. The molecule has 1 N–H and O–H groups in total. The van der Waals surface area contributed by atoms with E-state index < -0.39 is 5.91 Å². The summed E-state index contributed by atoms with van der Waals surface area (Å²) in [5.74, 6) is -0.648. The number of carbonyl (C=O) groups excluding carboxylic acids is 2. The quantitative estimate of drug-likeness (QED) is 0.492. The van der Waals surface area contributed by atoms with E-state index >= 15 is 0 Å². The van der Waals surface area contributed by atoms with Crippen LogP contribution in [-0.4, -0.2) is 27.5 Å². The lowest BCUT2D eigenvalue weighted by atomic mass is 10.2. The van der Waals surface area contributed by atoms with E-state index in [0.29, 0.717) is 5.56 Å². The summed E-state index contributed by atoms with van der Waals surface area (Å²) < 4.78 is 0.875. The third-order valence-corrected chi connectivity index (χ3v) is 6.26. The first-order valence-electron chi connectivity index (χ1n) is 7.39. The van der Waals surface area contributed by atoms with Crippen LogP contribution >= 0.6 is 39.0 Å². The number of carbonyl (C=O) groups is 2. The minimum Gasteiger partial charge on any atom is -0.292 e. The van der Waals surface area contributed by atoms with Gasteiger partial charge >= 0.3 is 0 Å². The Morgan fingerprint density at radius 1 is 1.20 bits per heavy atom. The zero-order valence-corrected chi connectivity index (χ0v) is 16.7. The molecular weight excluding hydrogens is 422 g/mol. The van der Waals surface area contributed by atoms with Crippen LogP contribution in [0.4, 0.5) is 0 Å². The van der Waals surface area contributed by atoms with E-state index in [1.165, 1.54) is 23.0 Å². The Bertz CT molecular complexity index is 954. The number of halogens is 1. The van der Waals surface area contributed by atoms with Crippen molar-refractivity contribution >= 4 is 61.1 Å². The number of nitrogens with one attached hydrogen (secondary N) is 1. The van der Waals surface area contributed by atoms with Gasteiger partial charge in [0.25, 0.3) is 5.91 Å². The molecule has 0 radical (unpaired) electrons. The number of hydrogen-bond donors (Lipinski definition) is 1. The van der Waals surface area contributed by atoms with Gasteiger partial charge in [-0.2, -0.15) is 0 Å². The van der Waals surface area contributed by atoms with E-state index in [0.717, 1.165) is 25.3 Å². The van der Waals surface area contributed by atoms with Gasteiger partial charge in [-0.3, -0.25) is 14.9 Å². The molecule has 0 unspecified atom stereocenters. The van der Waals surface area contributed by atoms with Crippen molar-refractivity contribution in [2.45, 2.75) is 18.9 Å². The second-order valence-corrected chi connectivity index (χ2v) is 8.40. The second kappa shape index (κ2) is 7.63. The van der Waals surface area contributed by atoms with Crippen molar-refractivity contribution in [2.75, 3.05) is 5.75 Å². The highest BCUT2D eigenvalue weighted by Gasteiger charge is 2.15. The first kappa shape index (κ1) is 18.0. The molecule has 0 aliphatic rings. The van der Waals surface area contributed by atoms with Gasteiger partial charge in [0.2, 0.25) is 5.91 Å². The van der Waals surface area contributed by atoms with Crippen LogP contribution in [0.3, 0.4) is 0 Å². The smallest absolute Gasteiger partial charge is 0.257 e. The van der Waals surface area contributed by atoms with Crippen molar-refractivity contribution < 1.29 is 9.59 Å². The van der Waals surface area contributed by atoms with E-state index in [9.17, 15) is 9.59 Å². The van der Waals surface area contributed by atoms with Gasteiger partial charge in [-0.25, -0.2) is 9.97 Å². The zero-order chi connectivity index (χ0) is 18.0. The highest BCUT2D eigenvalue weighted by atomic mass is 79.9. The highest BCUT2D eigenvalue weighted by Crippen LogP contribution is 2.34. The fourth-order valence-corrected chi connectivity index (χ4v) is 4.41. The number of aromatic nitrogens is 2. The largest absolute Gasteiger partial charge is 0.292 e. The summed E-state index contributed by atoms with van der Waals surface area (Å²) in [7, 11) is 0. The number of benzene rings is 1. The highest BCUT2D eigenvalue weighted by molar-refractivity contribution is 9.10. The molecule has 0 fully saturated rings. The van der Waals surface area contributed by atoms with Crippen LogP contribution in [0.25, 0.3) is 10.2 Å². The number of aryl methyl sites for hydroxylation is 2. The van der Waals surface area contributed by atoms with Crippen LogP contribution in [0.1, 0.15) is 20.8 Å². The summed E-state index contributed by atoms with van der Waals surface area (Å²) in [5.41, 5.74) is 1.57. The molecule has 0 saturated carbocycles. The van der Waals surface area contributed by atoms with Crippen LogP contribution in [-0.2, 0) is 4.79 Å². The van der Waals surface area contributed by atoms with Crippen molar-refractivity contribution in [1.29, 1.82) is 0 Å². The monoisotopic (exact) mass is 435 g/mol. The number of imide groups is 1. The number of hydrogen-bond acceptors (Lipinski definition) is 6. The molecule has 3 aromatic rings. The molecule has 2 amide bonds. The standard InChI is InChI=1S/C17H14BrN3O2S2/c1-9-10(2)25-17-14(9)16(19-8-20-17)24-7-13(22)21-15(23)11-3-5-12(18)6-4-11/h3-6,8H,7H2,1-2H3,(H,21,22,23). The molecule has 2 heterocycles. The van der Waals surface area contributed by atoms with E-state index in [1.54, 1.807) is 35.6 Å². The Balaban J connectivity index is 1.66. The first-order chi connectivity index (χ1) is 12.0. The van der Waals surface area contributed by atoms with Gasteiger partial charge in [-0.15, -0.1) is 11.3 Å². The maximum atomic E-state index is 12.1. The molecule has 0 aliphatic carbocycles. The second-order valence-electron chi connectivity index (χ2n) is 5.32. The first-order valence-corrected chi connectivity index (χ1v) is 9.98. The third-order valence-electron chi connectivity index (χ3n) is 3.63. The fourth-order valence-electron chi connectivity index (χ4n) is 2.23. The maximum absolute atomic E-state index is 12.1. The molecule has 0 spiro atoms. The van der Waals surface area contributed by atoms with Gasteiger partial charge in [0.15, 0.2) is 0 Å². The number of nitrogens with zero attached hydrogens (tertiary/aromatic N) is 2. The summed E-state index contributed by atoms with van der Waals surface area (Å²) in [6.45, 7) is 4.07. The molecule has 0 atom stereocenters. The van der Waals surface area contributed by atoms with Crippen LogP contribution in [0.2, 0.25) is 0 Å². The number of thioether (sulfide) groups is 1. The zero-order valence-electron chi connectivity index (χ0n) is 13.5. The van der Waals surface area contributed by atoms with Crippen LogP contribution in [0, 0.1) is 13.8 Å². The van der Waals surface area contributed by atoms with Crippen LogP contribution < -0.4 is 5.32 Å². The minimum atomic E-state index is -0.409. The third kappa shape index (κ3) is 4.08.